The summed E-state index contributed by atoms with van der Waals surface area (Å²) in [6.45, 7) is 0. The Morgan fingerprint density at radius 1 is 1.38 bits per heavy atom. The van der Waals surface area contributed by atoms with Crippen molar-refractivity contribution in [3.8, 4) is 0 Å². The normalized spacial score (nSPS) is 18.6. The molecule has 1 aromatic rings. The van der Waals surface area contributed by atoms with Gasteiger partial charge < -0.3 is 5.73 Å². The van der Waals surface area contributed by atoms with Crippen LogP contribution in [0.1, 0.15) is 37.3 Å². The summed E-state index contributed by atoms with van der Waals surface area (Å²) >= 11 is 0. The number of benzene rings is 1. The highest BCUT2D eigenvalue weighted by Crippen LogP contribution is 2.34. The van der Waals surface area contributed by atoms with Crippen LogP contribution in [0.15, 0.2) is 24.3 Å². The molecule has 0 aliphatic heterocycles. The average molecular weight is 220 g/mol. The number of nitrogens with two attached hydrogens (primary N) is 1. The number of nitro benzene ring substituents is 1. The monoisotopic (exact) mass is 220 g/mol. The molecule has 0 saturated heterocycles. The molecule has 86 valence electrons. The first-order valence-electron chi connectivity index (χ1n) is 5.68. The fourth-order valence-corrected chi connectivity index (χ4v) is 2.43. The van der Waals surface area contributed by atoms with Gasteiger partial charge >= 0.3 is 0 Å². The van der Waals surface area contributed by atoms with Crippen molar-refractivity contribution in [2.75, 3.05) is 0 Å². The molecular weight excluding hydrogens is 204 g/mol. The maximum Gasteiger partial charge on any atom is 0.269 e. The maximum atomic E-state index is 10.7. The molecule has 0 bridgehead atoms. The molecule has 0 aromatic heterocycles. The predicted molar refractivity (Wildman–Crippen MR) is 62.0 cm³/mol. The minimum atomic E-state index is -0.370. The van der Waals surface area contributed by atoms with E-state index < -0.39 is 0 Å². The lowest BCUT2D eigenvalue weighted by atomic mass is 9.92. The quantitative estimate of drug-likeness (QED) is 0.629. The number of hydrogen-bond acceptors (Lipinski definition) is 3. The second-order valence-electron chi connectivity index (χ2n) is 4.42. The predicted octanol–water partition coefficient (Wildman–Crippen LogP) is 2.78. The molecule has 1 atom stereocenters. The van der Waals surface area contributed by atoms with Gasteiger partial charge in [0.25, 0.3) is 5.69 Å². The fourth-order valence-electron chi connectivity index (χ4n) is 2.43. The van der Waals surface area contributed by atoms with Crippen LogP contribution in [0.4, 0.5) is 5.69 Å². The summed E-state index contributed by atoms with van der Waals surface area (Å²) in [6, 6.07) is 6.65. The fraction of sp³-hybridized carbons (Fsp3) is 0.500. The van der Waals surface area contributed by atoms with E-state index in [4.69, 9.17) is 5.73 Å². The maximum absolute atomic E-state index is 10.7. The Balaban J connectivity index is 2.18. The third-order valence-electron chi connectivity index (χ3n) is 3.37. The Morgan fingerprint density at radius 2 is 2.06 bits per heavy atom. The smallest absolute Gasteiger partial charge is 0.269 e. The average Bonchev–Trinajstić information content (AvgIpc) is 2.81. The van der Waals surface area contributed by atoms with Crippen molar-refractivity contribution in [3.05, 3.63) is 39.9 Å². The third kappa shape index (κ3) is 2.22. The molecule has 2 rings (SSSR count). The van der Waals surface area contributed by atoms with Gasteiger partial charge in [-0.3, -0.25) is 10.1 Å². The number of hydrogen-bond donors (Lipinski definition) is 1. The van der Waals surface area contributed by atoms with Crippen LogP contribution >= 0.6 is 0 Å². The number of nitro groups is 1. The van der Waals surface area contributed by atoms with E-state index in [2.05, 4.69) is 0 Å². The minimum absolute atomic E-state index is 0.0533. The van der Waals surface area contributed by atoms with Crippen molar-refractivity contribution in [2.24, 2.45) is 11.7 Å². The first-order chi connectivity index (χ1) is 7.68. The molecule has 1 aliphatic rings. The van der Waals surface area contributed by atoms with Crippen molar-refractivity contribution in [1.82, 2.24) is 0 Å². The number of nitrogens with zero attached hydrogens (tertiary/aromatic N) is 1. The van der Waals surface area contributed by atoms with Crippen LogP contribution in [-0.4, -0.2) is 4.92 Å². The van der Waals surface area contributed by atoms with Crippen LogP contribution in [0.3, 0.4) is 0 Å². The highest BCUT2D eigenvalue weighted by Gasteiger charge is 2.24. The van der Waals surface area contributed by atoms with E-state index in [1.165, 1.54) is 18.9 Å². The Kier molecular flexibility index (Phi) is 3.19. The van der Waals surface area contributed by atoms with Crippen LogP contribution < -0.4 is 5.73 Å². The standard InChI is InChI=1S/C12H16N2O2/c13-12(9-4-1-2-5-9)10-6-3-7-11(8-10)14(15)16/h3,6-9,12H,1-2,4-5,13H2/t12-/m1/s1. The van der Waals surface area contributed by atoms with E-state index in [1.807, 2.05) is 6.07 Å². The van der Waals surface area contributed by atoms with Crippen molar-refractivity contribution < 1.29 is 4.92 Å². The molecule has 1 aromatic carbocycles. The lowest BCUT2D eigenvalue weighted by Crippen LogP contribution is -2.19. The molecule has 1 saturated carbocycles. The first-order valence-corrected chi connectivity index (χ1v) is 5.68. The summed E-state index contributed by atoms with van der Waals surface area (Å²) in [4.78, 5) is 10.3. The van der Waals surface area contributed by atoms with E-state index in [1.54, 1.807) is 12.1 Å². The van der Waals surface area contributed by atoms with E-state index >= 15 is 0 Å². The Hall–Kier alpha value is -1.42. The van der Waals surface area contributed by atoms with Crippen molar-refractivity contribution in [2.45, 2.75) is 31.7 Å². The van der Waals surface area contributed by atoms with Gasteiger partial charge in [-0.15, -0.1) is 0 Å². The number of non-ortho nitro benzene ring substituents is 1. The van der Waals surface area contributed by atoms with Gasteiger partial charge in [-0.1, -0.05) is 25.0 Å². The van der Waals surface area contributed by atoms with Gasteiger partial charge in [-0.05, 0) is 24.3 Å². The molecule has 0 spiro atoms. The van der Waals surface area contributed by atoms with Crippen molar-refractivity contribution >= 4 is 5.69 Å². The SMILES string of the molecule is N[C@@H](c1cccc([N+](=O)[O-])c1)C1CCCC1. The summed E-state index contributed by atoms with van der Waals surface area (Å²) in [7, 11) is 0. The van der Waals surface area contributed by atoms with Crippen LogP contribution in [0.25, 0.3) is 0 Å². The zero-order chi connectivity index (χ0) is 11.5. The van der Waals surface area contributed by atoms with Crippen LogP contribution in [-0.2, 0) is 0 Å². The number of rotatable bonds is 3. The zero-order valence-corrected chi connectivity index (χ0v) is 9.13. The third-order valence-corrected chi connectivity index (χ3v) is 3.37. The summed E-state index contributed by atoms with van der Waals surface area (Å²) < 4.78 is 0. The van der Waals surface area contributed by atoms with Gasteiger partial charge in [0.15, 0.2) is 0 Å². The van der Waals surface area contributed by atoms with Gasteiger partial charge in [-0.2, -0.15) is 0 Å². The summed E-state index contributed by atoms with van der Waals surface area (Å²) in [6.07, 6.45) is 4.74. The van der Waals surface area contributed by atoms with E-state index in [0.29, 0.717) is 5.92 Å². The summed E-state index contributed by atoms with van der Waals surface area (Å²) in [5.74, 6) is 0.488. The lowest BCUT2D eigenvalue weighted by molar-refractivity contribution is -0.384. The van der Waals surface area contributed by atoms with Gasteiger partial charge in [-0.25, -0.2) is 0 Å². The van der Waals surface area contributed by atoms with Crippen LogP contribution in [0.2, 0.25) is 0 Å². The van der Waals surface area contributed by atoms with Crippen molar-refractivity contribution in [3.63, 3.8) is 0 Å². The van der Waals surface area contributed by atoms with Gasteiger partial charge in [0.2, 0.25) is 0 Å². The molecule has 0 radical (unpaired) electrons. The van der Waals surface area contributed by atoms with E-state index in [0.717, 1.165) is 18.4 Å². The van der Waals surface area contributed by atoms with Crippen LogP contribution in [0, 0.1) is 16.0 Å². The molecule has 1 aliphatic carbocycles. The Morgan fingerprint density at radius 3 is 2.69 bits per heavy atom. The highest BCUT2D eigenvalue weighted by molar-refractivity contribution is 5.36. The molecule has 4 nitrogen and oxygen atoms in total. The highest BCUT2D eigenvalue weighted by atomic mass is 16.6. The zero-order valence-electron chi connectivity index (χ0n) is 9.13. The van der Waals surface area contributed by atoms with Gasteiger partial charge in [0.05, 0.1) is 4.92 Å². The summed E-state index contributed by atoms with van der Waals surface area (Å²) in [5.41, 5.74) is 7.17. The van der Waals surface area contributed by atoms with Gasteiger partial charge in [0, 0.05) is 18.2 Å². The Labute approximate surface area is 94.6 Å². The van der Waals surface area contributed by atoms with Crippen LogP contribution in [0.5, 0.6) is 0 Å². The summed E-state index contributed by atoms with van der Waals surface area (Å²) in [5, 5.41) is 10.7. The molecule has 16 heavy (non-hydrogen) atoms. The molecule has 0 heterocycles. The molecule has 0 unspecified atom stereocenters. The minimum Gasteiger partial charge on any atom is -0.324 e. The van der Waals surface area contributed by atoms with Crippen molar-refractivity contribution in [1.29, 1.82) is 0 Å². The second-order valence-corrected chi connectivity index (χ2v) is 4.42. The van der Waals surface area contributed by atoms with E-state index in [9.17, 15) is 10.1 Å². The van der Waals surface area contributed by atoms with E-state index in [-0.39, 0.29) is 16.7 Å². The molecule has 4 heteroatoms. The topological polar surface area (TPSA) is 69.2 Å². The molecular formula is C12H16N2O2. The first kappa shape index (κ1) is 11.1. The molecule has 1 fully saturated rings. The Bertz CT molecular complexity index is 386. The van der Waals surface area contributed by atoms with Gasteiger partial charge in [0.1, 0.15) is 0 Å². The lowest BCUT2D eigenvalue weighted by Gasteiger charge is -2.18. The molecule has 0 amide bonds. The molecule has 2 N–H and O–H groups in total. The largest absolute Gasteiger partial charge is 0.324 e. The second kappa shape index (κ2) is 4.61.